The van der Waals surface area contributed by atoms with Crippen molar-refractivity contribution in [2.75, 3.05) is 6.17 Å². The van der Waals surface area contributed by atoms with E-state index >= 15 is 0 Å². The lowest BCUT2D eigenvalue weighted by atomic mass is 10.8. The lowest BCUT2D eigenvalue weighted by molar-refractivity contribution is -0.114. The number of nitrogens with one attached hydrogen (secondary N) is 1. The van der Waals surface area contributed by atoms with Crippen LogP contribution in [-0.2, 0) is 9.26 Å². The Morgan fingerprint density at radius 1 is 1.90 bits per heavy atom. The molecule has 0 radical (unpaired) electrons. The molecule has 0 aliphatic heterocycles. The van der Waals surface area contributed by atoms with Crippen LogP contribution < -0.4 is 5.73 Å². The Bertz CT molecular complexity index is 170. The molecule has 0 heterocycles. The monoisotopic (exact) mass is 161 g/mol. The number of carbonyl (C=O) groups excluding carboxylic acids is 1. The van der Waals surface area contributed by atoms with Crippen LogP contribution in [0.3, 0.4) is 0 Å². The van der Waals surface area contributed by atoms with Crippen molar-refractivity contribution in [3.05, 3.63) is 0 Å². The molecule has 4 N–H and O–H groups in total. The SMILES string of the molecule is N=C(N)N(C=O)C[Si](=O)O. The Labute approximate surface area is 58.5 Å². The quantitative estimate of drug-likeness (QED) is 0.189. The molecule has 0 bridgehead atoms. The highest BCUT2D eigenvalue weighted by atomic mass is 28.3. The molecule has 0 atom stereocenters. The minimum Gasteiger partial charge on any atom is -0.539 e. The van der Waals surface area contributed by atoms with Crippen molar-refractivity contribution < 1.29 is 14.1 Å². The number of amides is 1. The number of rotatable bonds is 3. The maximum absolute atomic E-state index is 10.1. The predicted molar refractivity (Wildman–Crippen MR) is 33.3 cm³/mol. The van der Waals surface area contributed by atoms with Crippen molar-refractivity contribution in [3.63, 3.8) is 0 Å². The molecule has 0 saturated carbocycles. The van der Waals surface area contributed by atoms with Crippen LogP contribution in [0, 0.1) is 5.41 Å². The van der Waals surface area contributed by atoms with Gasteiger partial charge in [0.25, 0.3) is 0 Å². The molecular formula is C3H7N3O3Si. The summed E-state index contributed by atoms with van der Waals surface area (Å²) in [6.07, 6.45) is -0.148. The molecule has 6 nitrogen and oxygen atoms in total. The van der Waals surface area contributed by atoms with E-state index in [4.69, 9.17) is 15.9 Å². The van der Waals surface area contributed by atoms with Gasteiger partial charge in [0.1, 0.15) is 6.17 Å². The molecule has 0 aliphatic rings. The van der Waals surface area contributed by atoms with Gasteiger partial charge in [0.15, 0.2) is 5.96 Å². The maximum Gasteiger partial charge on any atom is 0.521 e. The van der Waals surface area contributed by atoms with E-state index in [1.54, 1.807) is 0 Å². The molecule has 10 heavy (non-hydrogen) atoms. The highest BCUT2D eigenvalue weighted by Gasteiger charge is 2.11. The molecule has 0 aromatic rings. The molecule has 7 heteroatoms. The topological polar surface area (TPSA) is 107 Å². The van der Waals surface area contributed by atoms with E-state index < -0.39 is 14.9 Å². The molecule has 0 aliphatic carbocycles. The fourth-order valence-electron chi connectivity index (χ4n) is 0.325. The summed E-state index contributed by atoms with van der Waals surface area (Å²) in [4.78, 5) is 18.9. The highest BCUT2D eigenvalue weighted by molar-refractivity contribution is 6.34. The molecule has 0 aromatic heterocycles. The van der Waals surface area contributed by atoms with E-state index in [2.05, 4.69) is 0 Å². The second-order valence-electron chi connectivity index (χ2n) is 1.51. The first kappa shape index (κ1) is 8.76. The van der Waals surface area contributed by atoms with Crippen LogP contribution in [-0.4, -0.2) is 37.2 Å². The first-order valence-corrected chi connectivity index (χ1v) is 3.92. The fourth-order valence-corrected chi connectivity index (χ4v) is 0.861. The van der Waals surface area contributed by atoms with Crippen molar-refractivity contribution >= 4 is 21.3 Å². The third kappa shape index (κ3) is 2.92. The molecule has 0 aromatic carbocycles. The van der Waals surface area contributed by atoms with Gasteiger partial charge in [-0.25, -0.2) is 0 Å². The van der Waals surface area contributed by atoms with Gasteiger partial charge in [0.2, 0.25) is 6.41 Å². The van der Waals surface area contributed by atoms with E-state index in [9.17, 15) is 9.26 Å². The van der Waals surface area contributed by atoms with Gasteiger partial charge in [-0.15, -0.1) is 0 Å². The highest BCUT2D eigenvalue weighted by Crippen LogP contribution is 1.77. The van der Waals surface area contributed by atoms with E-state index in [1.165, 1.54) is 0 Å². The van der Waals surface area contributed by atoms with Crippen LogP contribution >= 0.6 is 0 Å². The normalized spacial score (nSPS) is 8.40. The standard InChI is InChI=1S/C3H7N3O3Si/c4-3(5)6(1-7)2-10(8)9/h1,8H,2H2,(H3,4,5). The fraction of sp³-hybridized carbons (Fsp3) is 0.333. The number of carbonyl (C=O) groups is 1. The van der Waals surface area contributed by atoms with Crippen molar-refractivity contribution in [2.45, 2.75) is 0 Å². The smallest absolute Gasteiger partial charge is 0.521 e. The van der Waals surface area contributed by atoms with Crippen LogP contribution in [0.25, 0.3) is 0 Å². The van der Waals surface area contributed by atoms with Crippen molar-refractivity contribution in [3.8, 4) is 0 Å². The van der Waals surface area contributed by atoms with Crippen LogP contribution in [0.2, 0.25) is 0 Å². The van der Waals surface area contributed by atoms with Gasteiger partial charge in [0.05, 0.1) is 0 Å². The second kappa shape index (κ2) is 3.72. The van der Waals surface area contributed by atoms with Crippen molar-refractivity contribution in [1.29, 1.82) is 5.41 Å². The molecular weight excluding hydrogens is 154 g/mol. The van der Waals surface area contributed by atoms with Gasteiger partial charge >= 0.3 is 8.93 Å². The number of nitrogens with zero attached hydrogens (tertiary/aromatic N) is 1. The maximum atomic E-state index is 10.1. The Hall–Kier alpha value is -1.24. The number of nitrogens with two attached hydrogens (primary N) is 1. The molecule has 0 spiro atoms. The van der Waals surface area contributed by atoms with Crippen LogP contribution in [0.5, 0.6) is 0 Å². The van der Waals surface area contributed by atoms with Crippen LogP contribution in [0.1, 0.15) is 0 Å². The number of guanidine groups is 1. The summed E-state index contributed by atoms with van der Waals surface area (Å²) in [5, 5.41) is 6.68. The summed E-state index contributed by atoms with van der Waals surface area (Å²) >= 11 is 0. The van der Waals surface area contributed by atoms with Gasteiger partial charge in [-0.2, -0.15) is 0 Å². The van der Waals surface area contributed by atoms with Crippen LogP contribution in [0.15, 0.2) is 0 Å². The first-order valence-electron chi connectivity index (χ1n) is 2.35. The summed E-state index contributed by atoms with van der Waals surface area (Å²) in [7, 11) is -2.77. The molecule has 56 valence electrons. The largest absolute Gasteiger partial charge is 0.539 e. The van der Waals surface area contributed by atoms with Crippen molar-refractivity contribution in [1.82, 2.24) is 4.90 Å². The van der Waals surface area contributed by atoms with Gasteiger partial charge in [-0.05, 0) is 0 Å². The second-order valence-corrected chi connectivity index (χ2v) is 2.62. The Balaban J connectivity index is 3.96. The molecule has 0 unspecified atom stereocenters. The predicted octanol–water partition coefficient (Wildman–Crippen LogP) is -2.21. The van der Waals surface area contributed by atoms with E-state index in [0.717, 1.165) is 0 Å². The number of hydrogen-bond donors (Lipinski definition) is 3. The average molecular weight is 161 g/mol. The minimum absolute atomic E-state index is 0.237. The molecule has 0 fully saturated rings. The van der Waals surface area contributed by atoms with Gasteiger partial charge in [-0.1, -0.05) is 0 Å². The lowest BCUT2D eigenvalue weighted by Crippen LogP contribution is -2.39. The summed E-state index contributed by atoms with van der Waals surface area (Å²) in [5.41, 5.74) is 4.84. The minimum atomic E-state index is -2.77. The first-order chi connectivity index (χ1) is 4.57. The van der Waals surface area contributed by atoms with Gasteiger partial charge < -0.3 is 15.0 Å². The van der Waals surface area contributed by atoms with Gasteiger partial charge in [-0.3, -0.25) is 15.1 Å². The zero-order valence-corrected chi connectivity index (χ0v) is 6.07. The summed E-state index contributed by atoms with van der Waals surface area (Å²) in [6.45, 7) is 0. The summed E-state index contributed by atoms with van der Waals surface area (Å²) < 4.78 is 10.1. The summed E-state index contributed by atoms with van der Waals surface area (Å²) in [6, 6.07) is 0. The van der Waals surface area contributed by atoms with E-state index in [1.807, 2.05) is 0 Å². The van der Waals surface area contributed by atoms with Crippen LogP contribution in [0.4, 0.5) is 0 Å². The zero-order chi connectivity index (χ0) is 8.15. The third-order valence-electron chi connectivity index (χ3n) is 0.742. The van der Waals surface area contributed by atoms with Crippen molar-refractivity contribution in [2.24, 2.45) is 5.73 Å². The Morgan fingerprint density at radius 2 is 2.40 bits per heavy atom. The van der Waals surface area contributed by atoms with E-state index in [-0.39, 0.29) is 12.6 Å². The Kier molecular flexibility index (Phi) is 3.26. The Morgan fingerprint density at radius 3 is 2.50 bits per heavy atom. The van der Waals surface area contributed by atoms with Gasteiger partial charge in [0, 0.05) is 0 Å². The molecule has 1 amide bonds. The lowest BCUT2D eigenvalue weighted by Gasteiger charge is -2.09. The summed E-state index contributed by atoms with van der Waals surface area (Å²) in [5.74, 6) is -0.526. The molecule has 0 rings (SSSR count). The van der Waals surface area contributed by atoms with E-state index in [0.29, 0.717) is 4.90 Å². The molecule has 0 saturated heterocycles. The average Bonchev–Trinajstić information content (AvgIpc) is 1.81. The number of hydrogen-bond acceptors (Lipinski definition) is 3. The third-order valence-corrected chi connectivity index (χ3v) is 1.35. The zero-order valence-electron chi connectivity index (χ0n) is 5.07.